The molecule has 1 amide bonds. The lowest BCUT2D eigenvalue weighted by Gasteiger charge is -2.21. The topological polar surface area (TPSA) is 75.3 Å². The second-order valence-electron chi connectivity index (χ2n) is 5.28. The van der Waals surface area contributed by atoms with E-state index in [9.17, 15) is 13.2 Å². The summed E-state index contributed by atoms with van der Waals surface area (Å²) in [5.74, 6) is 0.0673. The summed E-state index contributed by atoms with van der Waals surface area (Å²) < 4.78 is 22.7. The molecule has 0 aliphatic heterocycles. The fourth-order valence-corrected chi connectivity index (χ4v) is 2.40. The molecule has 0 aliphatic rings. The lowest BCUT2D eigenvalue weighted by atomic mass is 10.1. The average Bonchev–Trinajstić information content (AvgIpc) is 2.11. The molecule has 6 heteroatoms. The maximum absolute atomic E-state index is 11.5. The molecule has 0 saturated heterocycles. The van der Waals surface area contributed by atoms with Crippen molar-refractivity contribution in [3.05, 3.63) is 0 Å². The average molecular weight is 264 g/mol. The molecule has 0 fully saturated rings. The largest absolute Gasteiger partial charge is 0.350 e. The minimum atomic E-state index is -3.00. The van der Waals surface area contributed by atoms with E-state index in [4.69, 9.17) is 0 Å². The number of carbonyl (C=O) groups excluding carboxylic acids is 1. The van der Waals surface area contributed by atoms with E-state index >= 15 is 0 Å². The molecule has 0 radical (unpaired) electrons. The van der Waals surface area contributed by atoms with Gasteiger partial charge in [0, 0.05) is 17.3 Å². The molecule has 0 aromatic carbocycles. The zero-order valence-electron chi connectivity index (χ0n) is 11.3. The first-order chi connectivity index (χ1) is 7.56. The predicted octanol–water partition coefficient (Wildman–Crippen LogP) is 0.314. The second kappa shape index (κ2) is 6.35. The normalized spacial score (nSPS) is 14.4. The van der Waals surface area contributed by atoms with Crippen molar-refractivity contribution < 1.29 is 13.2 Å². The van der Waals surface area contributed by atoms with Crippen molar-refractivity contribution in [2.45, 2.75) is 46.2 Å². The van der Waals surface area contributed by atoms with Gasteiger partial charge in [0.15, 0.2) is 9.84 Å². The van der Waals surface area contributed by atoms with E-state index in [1.54, 1.807) is 13.8 Å². The van der Waals surface area contributed by atoms with Crippen LogP contribution in [0, 0.1) is 0 Å². The number of amides is 1. The van der Waals surface area contributed by atoms with Gasteiger partial charge < -0.3 is 10.6 Å². The summed E-state index contributed by atoms with van der Waals surface area (Å²) >= 11 is 0. The molecule has 0 aromatic rings. The van der Waals surface area contributed by atoms with Crippen LogP contribution in [-0.2, 0) is 14.6 Å². The Hall–Kier alpha value is -0.620. The highest BCUT2D eigenvalue weighted by atomic mass is 32.2. The molecule has 0 spiro atoms. The van der Waals surface area contributed by atoms with Gasteiger partial charge in [-0.15, -0.1) is 0 Å². The highest BCUT2D eigenvalue weighted by Crippen LogP contribution is 1.98. The summed E-state index contributed by atoms with van der Waals surface area (Å²) in [6.45, 7) is 9.21. The van der Waals surface area contributed by atoms with Crippen LogP contribution in [0.1, 0.15) is 34.6 Å². The van der Waals surface area contributed by atoms with Crippen LogP contribution in [0.3, 0.4) is 0 Å². The third-order valence-electron chi connectivity index (χ3n) is 2.07. The van der Waals surface area contributed by atoms with Gasteiger partial charge in [-0.2, -0.15) is 0 Å². The molecule has 102 valence electrons. The van der Waals surface area contributed by atoms with Gasteiger partial charge in [-0.25, -0.2) is 8.42 Å². The molecule has 0 bridgehead atoms. The maximum Gasteiger partial charge on any atom is 0.234 e. The van der Waals surface area contributed by atoms with E-state index in [1.165, 1.54) is 0 Å². The van der Waals surface area contributed by atoms with Crippen LogP contribution in [0.4, 0.5) is 0 Å². The standard InChI is InChI=1S/C11H24N2O3S/c1-6-17(15,16)8-9(2)12-7-10(14)13-11(3,4)5/h9,12H,6-8H2,1-5H3,(H,13,14). The van der Waals surface area contributed by atoms with Gasteiger partial charge in [0.1, 0.15) is 0 Å². The van der Waals surface area contributed by atoms with Crippen molar-refractivity contribution >= 4 is 15.7 Å². The lowest BCUT2D eigenvalue weighted by Crippen LogP contribution is -2.47. The van der Waals surface area contributed by atoms with Crippen LogP contribution in [0.2, 0.25) is 0 Å². The molecule has 0 rings (SSSR count). The monoisotopic (exact) mass is 264 g/mol. The predicted molar refractivity (Wildman–Crippen MR) is 69.7 cm³/mol. The smallest absolute Gasteiger partial charge is 0.234 e. The number of hydrogen-bond donors (Lipinski definition) is 2. The van der Waals surface area contributed by atoms with Crippen molar-refractivity contribution in [2.24, 2.45) is 0 Å². The van der Waals surface area contributed by atoms with Crippen LogP contribution in [0.15, 0.2) is 0 Å². The van der Waals surface area contributed by atoms with Crippen molar-refractivity contribution in [3.8, 4) is 0 Å². The van der Waals surface area contributed by atoms with E-state index in [2.05, 4.69) is 10.6 Å². The highest BCUT2D eigenvalue weighted by molar-refractivity contribution is 7.91. The minimum absolute atomic E-state index is 0.0618. The Labute approximate surface area is 104 Å². The first kappa shape index (κ1) is 16.4. The van der Waals surface area contributed by atoms with Gasteiger partial charge in [-0.05, 0) is 27.7 Å². The van der Waals surface area contributed by atoms with E-state index in [0.717, 1.165) is 0 Å². The van der Waals surface area contributed by atoms with Crippen LogP contribution in [0.25, 0.3) is 0 Å². The van der Waals surface area contributed by atoms with Gasteiger partial charge in [0.2, 0.25) is 5.91 Å². The number of rotatable bonds is 6. The zero-order chi connectivity index (χ0) is 13.7. The molecule has 0 aromatic heterocycles. The Morgan fingerprint density at radius 1 is 1.29 bits per heavy atom. The quantitative estimate of drug-likeness (QED) is 0.724. The molecule has 1 atom stereocenters. The van der Waals surface area contributed by atoms with Gasteiger partial charge >= 0.3 is 0 Å². The summed E-state index contributed by atoms with van der Waals surface area (Å²) in [6.07, 6.45) is 0. The molecular weight excluding hydrogens is 240 g/mol. The van der Waals surface area contributed by atoms with Gasteiger partial charge in [0.25, 0.3) is 0 Å². The van der Waals surface area contributed by atoms with Gasteiger partial charge in [-0.3, -0.25) is 4.79 Å². The van der Waals surface area contributed by atoms with Gasteiger partial charge in [0.05, 0.1) is 12.3 Å². The van der Waals surface area contributed by atoms with E-state index in [0.29, 0.717) is 0 Å². The molecule has 0 saturated carbocycles. The number of hydrogen-bond acceptors (Lipinski definition) is 4. The summed E-state index contributed by atoms with van der Waals surface area (Å²) in [6, 6.07) is -0.217. The Balaban J connectivity index is 4.01. The van der Waals surface area contributed by atoms with Crippen LogP contribution in [0.5, 0.6) is 0 Å². The highest BCUT2D eigenvalue weighted by Gasteiger charge is 2.16. The molecule has 1 unspecified atom stereocenters. The molecular formula is C11H24N2O3S. The molecule has 2 N–H and O–H groups in total. The van der Waals surface area contributed by atoms with Crippen molar-refractivity contribution in [1.82, 2.24) is 10.6 Å². The number of sulfone groups is 1. The Morgan fingerprint density at radius 2 is 1.82 bits per heavy atom. The molecule has 17 heavy (non-hydrogen) atoms. The van der Waals surface area contributed by atoms with Crippen molar-refractivity contribution in [2.75, 3.05) is 18.1 Å². The summed E-state index contributed by atoms with van der Waals surface area (Å²) in [5.41, 5.74) is -0.266. The van der Waals surface area contributed by atoms with E-state index in [-0.39, 0.29) is 35.5 Å². The maximum atomic E-state index is 11.5. The first-order valence-electron chi connectivity index (χ1n) is 5.80. The fourth-order valence-electron chi connectivity index (χ4n) is 1.29. The van der Waals surface area contributed by atoms with E-state index in [1.807, 2.05) is 20.8 Å². The van der Waals surface area contributed by atoms with Crippen LogP contribution >= 0.6 is 0 Å². The molecule has 0 aliphatic carbocycles. The Morgan fingerprint density at radius 3 is 2.24 bits per heavy atom. The Kier molecular flexibility index (Phi) is 6.12. The zero-order valence-corrected chi connectivity index (χ0v) is 12.1. The first-order valence-corrected chi connectivity index (χ1v) is 7.62. The summed E-state index contributed by atoms with van der Waals surface area (Å²) in [4.78, 5) is 11.5. The van der Waals surface area contributed by atoms with Crippen molar-refractivity contribution in [1.29, 1.82) is 0 Å². The number of nitrogens with one attached hydrogen (secondary N) is 2. The third-order valence-corrected chi connectivity index (χ3v) is 3.96. The lowest BCUT2D eigenvalue weighted by molar-refractivity contribution is -0.121. The minimum Gasteiger partial charge on any atom is -0.350 e. The Bertz CT molecular complexity index is 344. The van der Waals surface area contributed by atoms with E-state index < -0.39 is 9.84 Å². The SMILES string of the molecule is CCS(=O)(=O)CC(C)NCC(=O)NC(C)(C)C. The fraction of sp³-hybridized carbons (Fsp3) is 0.909. The van der Waals surface area contributed by atoms with Gasteiger partial charge in [-0.1, -0.05) is 6.92 Å². The number of carbonyl (C=O) groups is 1. The summed E-state index contributed by atoms with van der Waals surface area (Å²) in [5, 5.41) is 5.70. The summed E-state index contributed by atoms with van der Waals surface area (Å²) in [7, 11) is -3.00. The van der Waals surface area contributed by atoms with Crippen LogP contribution in [-0.4, -0.2) is 44.0 Å². The van der Waals surface area contributed by atoms with Crippen molar-refractivity contribution in [3.63, 3.8) is 0 Å². The second-order valence-corrected chi connectivity index (χ2v) is 7.68. The molecule has 5 nitrogen and oxygen atoms in total. The third kappa shape index (κ3) is 9.12. The molecule has 0 heterocycles. The van der Waals surface area contributed by atoms with Crippen LogP contribution < -0.4 is 10.6 Å².